The lowest BCUT2D eigenvalue weighted by Crippen LogP contribution is -2.62. The molecule has 0 spiro atoms. The van der Waals surface area contributed by atoms with E-state index in [0.717, 1.165) is 0 Å². The van der Waals surface area contributed by atoms with E-state index in [1.54, 1.807) is 11.6 Å². The molecule has 2 rings (SSSR count). The van der Waals surface area contributed by atoms with Crippen molar-refractivity contribution in [1.82, 2.24) is 19.2 Å². The van der Waals surface area contributed by atoms with Crippen LogP contribution in [0.5, 0.6) is 0 Å². The third kappa shape index (κ3) is 2.39. The summed E-state index contributed by atoms with van der Waals surface area (Å²) in [7, 11) is -1.92. The molecule has 1 fully saturated rings. The first kappa shape index (κ1) is 11.9. The van der Waals surface area contributed by atoms with Crippen molar-refractivity contribution in [3.63, 3.8) is 0 Å². The number of sulfonamides is 1. The van der Waals surface area contributed by atoms with Crippen molar-refractivity contribution in [2.75, 3.05) is 13.1 Å². The molecule has 1 aliphatic rings. The fourth-order valence-electron chi connectivity index (χ4n) is 1.54. The van der Waals surface area contributed by atoms with Gasteiger partial charge in [0.25, 0.3) is 10.0 Å². The highest BCUT2D eigenvalue weighted by Gasteiger charge is 2.33. The lowest BCUT2D eigenvalue weighted by atomic mass is 10.1. The van der Waals surface area contributed by atoms with Crippen molar-refractivity contribution in [2.45, 2.75) is 11.1 Å². The molecule has 17 heavy (non-hydrogen) atoms. The number of rotatable bonds is 3. The summed E-state index contributed by atoms with van der Waals surface area (Å²) in [6, 6.07) is -0.840. The van der Waals surface area contributed by atoms with Gasteiger partial charge in [-0.05, 0) is 0 Å². The molecule has 1 saturated heterocycles. The van der Waals surface area contributed by atoms with E-state index in [-0.39, 0.29) is 11.1 Å². The number of amides is 2. The summed E-state index contributed by atoms with van der Waals surface area (Å²) in [5.41, 5.74) is 5.03. The molecule has 2 heterocycles. The maximum atomic E-state index is 11.8. The van der Waals surface area contributed by atoms with Crippen LogP contribution in [0, 0.1) is 0 Å². The first-order chi connectivity index (χ1) is 7.88. The molecule has 8 nitrogen and oxygen atoms in total. The van der Waals surface area contributed by atoms with E-state index in [4.69, 9.17) is 5.73 Å². The largest absolute Gasteiger partial charge is 0.351 e. The third-order valence-corrected chi connectivity index (χ3v) is 3.88. The molecule has 0 saturated carbocycles. The number of aryl methyl sites for hydroxylation is 1. The maximum absolute atomic E-state index is 11.8. The van der Waals surface area contributed by atoms with Gasteiger partial charge in [0.2, 0.25) is 0 Å². The normalized spacial score (nSPS) is 16.9. The number of urea groups is 1. The smallest absolute Gasteiger partial charge is 0.314 e. The SMILES string of the molecule is Cn1cnc(S(=O)(=O)NC2CN(C(N)=O)C2)c1. The number of hydrogen-bond acceptors (Lipinski definition) is 4. The molecule has 0 aliphatic carbocycles. The predicted octanol–water partition coefficient (Wildman–Crippen LogP) is -1.54. The van der Waals surface area contributed by atoms with Gasteiger partial charge in [0.1, 0.15) is 0 Å². The number of nitrogens with two attached hydrogens (primary N) is 1. The quantitative estimate of drug-likeness (QED) is 0.685. The third-order valence-electron chi connectivity index (χ3n) is 2.47. The molecular formula is C8H13N5O3S. The van der Waals surface area contributed by atoms with E-state index < -0.39 is 16.1 Å². The average Bonchev–Trinajstić information content (AvgIpc) is 2.57. The Morgan fingerprint density at radius 1 is 1.59 bits per heavy atom. The van der Waals surface area contributed by atoms with Crippen LogP contribution in [0.1, 0.15) is 0 Å². The summed E-state index contributed by atoms with van der Waals surface area (Å²) in [4.78, 5) is 15.8. The molecule has 0 unspecified atom stereocenters. The first-order valence-electron chi connectivity index (χ1n) is 4.93. The van der Waals surface area contributed by atoms with Crippen LogP contribution in [0.15, 0.2) is 17.6 Å². The van der Waals surface area contributed by atoms with Crippen LogP contribution in [0.2, 0.25) is 0 Å². The van der Waals surface area contributed by atoms with Crippen LogP contribution in [0.25, 0.3) is 0 Å². The number of imidazole rings is 1. The molecule has 0 aromatic carbocycles. The number of hydrogen-bond donors (Lipinski definition) is 2. The van der Waals surface area contributed by atoms with Gasteiger partial charge in [0.05, 0.1) is 12.4 Å². The Morgan fingerprint density at radius 3 is 2.71 bits per heavy atom. The molecule has 0 bridgehead atoms. The molecule has 1 aliphatic heterocycles. The fourth-order valence-corrected chi connectivity index (χ4v) is 2.74. The van der Waals surface area contributed by atoms with E-state index in [9.17, 15) is 13.2 Å². The zero-order chi connectivity index (χ0) is 12.6. The molecule has 9 heteroatoms. The van der Waals surface area contributed by atoms with E-state index in [1.807, 2.05) is 0 Å². The van der Waals surface area contributed by atoms with E-state index in [1.165, 1.54) is 17.4 Å². The molecule has 94 valence electrons. The van der Waals surface area contributed by atoms with Crippen LogP contribution in [-0.4, -0.2) is 48.0 Å². The lowest BCUT2D eigenvalue weighted by Gasteiger charge is -2.37. The monoisotopic (exact) mass is 259 g/mol. The van der Waals surface area contributed by atoms with Gasteiger partial charge in [-0.3, -0.25) is 0 Å². The van der Waals surface area contributed by atoms with Gasteiger partial charge in [-0.25, -0.2) is 22.9 Å². The van der Waals surface area contributed by atoms with Gasteiger partial charge in [0, 0.05) is 26.3 Å². The second-order valence-electron chi connectivity index (χ2n) is 3.94. The lowest BCUT2D eigenvalue weighted by molar-refractivity contribution is 0.155. The van der Waals surface area contributed by atoms with Gasteiger partial charge in [-0.15, -0.1) is 0 Å². The van der Waals surface area contributed by atoms with Crippen LogP contribution in [0.4, 0.5) is 4.79 Å². The summed E-state index contributed by atoms with van der Waals surface area (Å²) in [5.74, 6) is 0. The van der Waals surface area contributed by atoms with Crippen molar-refractivity contribution in [2.24, 2.45) is 12.8 Å². The van der Waals surface area contributed by atoms with E-state index >= 15 is 0 Å². The number of carbonyl (C=O) groups excluding carboxylic acids is 1. The number of primary amides is 1. The van der Waals surface area contributed by atoms with Gasteiger partial charge in [-0.1, -0.05) is 0 Å². The Balaban J connectivity index is 1.98. The Morgan fingerprint density at radius 2 is 2.24 bits per heavy atom. The van der Waals surface area contributed by atoms with Gasteiger partial charge < -0.3 is 15.2 Å². The minimum absolute atomic E-state index is 0.0301. The second-order valence-corrected chi connectivity index (χ2v) is 5.60. The van der Waals surface area contributed by atoms with Gasteiger partial charge in [-0.2, -0.15) is 0 Å². The summed E-state index contributed by atoms with van der Waals surface area (Å²) >= 11 is 0. The van der Waals surface area contributed by atoms with Crippen LogP contribution >= 0.6 is 0 Å². The van der Waals surface area contributed by atoms with Crippen LogP contribution in [-0.2, 0) is 17.1 Å². The second kappa shape index (κ2) is 4.00. The highest BCUT2D eigenvalue weighted by atomic mass is 32.2. The number of carbonyl (C=O) groups is 1. The summed E-state index contributed by atoms with van der Waals surface area (Å²) in [5, 5.41) is -0.0301. The van der Waals surface area contributed by atoms with Crippen molar-refractivity contribution in [1.29, 1.82) is 0 Å². The Bertz CT molecular complexity index is 531. The minimum atomic E-state index is -3.61. The van der Waals surface area contributed by atoms with E-state index in [0.29, 0.717) is 13.1 Å². The molecule has 0 atom stereocenters. The predicted molar refractivity (Wildman–Crippen MR) is 58.5 cm³/mol. The zero-order valence-electron chi connectivity index (χ0n) is 9.20. The number of likely N-dealkylation sites (tertiary alicyclic amines) is 1. The average molecular weight is 259 g/mol. The van der Waals surface area contributed by atoms with Crippen molar-refractivity contribution in [3.8, 4) is 0 Å². The standard InChI is InChI=1S/C8H13N5O3S/c1-12-4-7(10-5-12)17(15,16)11-6-2-13(3-6)8(9)14/h4-6,11H,2-3H2,1H3,(H2,9,14). The Hall–Kier alpha value is -1.61. The number of aromatic nitrogens is 2. The topological polar surface area (TPSA) is 110 Å². The first-order valence-corrected chi connectivity index (χ1v) is 6.41. The van der Waals surface area contributed by atoms with Crippen molar-refractivity contribution >= 4 is 16.1 Å². The molecule has 1 aromatic heterocycles. The van der Waals surface area contributed by atoms with Gasteiger partial charge in [0.15, 0.2) is 5.03 Å². The summed E-state index contributed by atoms with van der Waals surface area (Å²) in [6.45, 7) is 0.586. The Kier molecular flexibility index (Phi) is 2.79. The zero-order valence-corrected chi connectivity index (χ0v) is 10.0. The van der Waals surface area contributed by atoms with Gasteiger partial charge >= 0.3 is 6.03 Å². The molecule has 0 radical (unpaired) electrons. The van der Waals surface area contributed by atoms with Crippen molar-refractivity contribution in [3.05, 3.63) is 12.5 Å². The summed E-state index contributed by atoms with van der Waals surface area (Å²) < 4.78 is 27.6. The van der Waals surface area contributed by atoms with Crippen LogP contribution in [0.3, 0.4) is 0 Å². The molecular weight excluding hydrogens is 246 g/mol. The van der Waals surface area contributed by atoms with Crippen LogP contribution < -0.4 is 10.5 Å². The summed E-state index contributed by atoms with van der Waals surface area (Å²) in [6.07, 6.45) is 2.82. The highest BCUT2D eigenvalue weighted by Crippen LogP contribution is 2.11. The number of nitrogens with one attached hydrogen (secondary N) is 1. The fraction of sp³-hybridized carbons (Fsp3) is 0.500. The Labute approximate surface area is 98.5 Å². The molecule has 2 amide bonds. The molecule has 1 aromatic rings. The molecule has 3 N–H and O–H groups in total. The van der Waals surface area contributed by atoms with Crippen molar-refractivity contribution < 1.29 is 13.2 Å². The highest BCUT2D eigenvalue weighted by molar-refractivity contribution is 7.89. The number of nitrogens with zero attached hydrogens (tertiary/aromatic N) is 3. The minimum Gasteiger partial charge on any atom is -0.351 e. The van der Waals surface area contributed by atoms with E-state index in [2.05, 4.69) is 9.71 Å². The maximum Gasteiger partial charge on any atom is 0.314 e.